The molecule has 0 radical (unpaired) electrons. The van der Waals surface area contributed by atoms with E-state index in [9.17, 15) is 8.78 Å². The van der Waals surface area contributed by atoms with E-state index in [0.717, 1.165) is 0 Å². The maximum Gasteiger partial charge on any atom is 0.387 e. The monoisotopic (exact) mass is 221 g/mol. The van der Waals surface area contributed by atoms with Crippen LogP contribution >= 0.6 is 11.6 Å². The van der Waals surface area contributed by atoms with Crippen molar-refractivity contribution in [3.8, 4) is 5.75 Å². The molecule has 1 N–H and O–H groups in total. The Hall–Kier alpha value is -1.36. The van der Waals surface area contributed by atoms with Gasteiger partial charge in [-0.1, -0.05) is 28.9 Å². The van der Waals surface area contributed by atoms with Crippen LogP contribution in [0.2, 0.25) is 0 Å². The zero-order chi connectivity index (χ0) is 10.6. The van der Waals surface area contributed by atoms with Crippen LogP contribution in [0.3, 0.4) is 0 Å². The summed E-state index contributed by atoms with van der Waals surface area (Å²) in [5.74, 6) is -0.0423. The third-order valence-electron chi connectivity index (χ3n) is 1.39. The first-order valence-corrected chi connectivity index (χ1v) is 3.94. The third-order valence-corrected chi connectivity index (χ3v) is 1.68. The van der Waals surface area contributed by atoms with E-state index in [4.69, 9.17) is 16.8 Å². The van der Waals surface area contributed by atoms with Gasteiger partial charge in [0.1, 0.15) is 5.75 Å². The van der Waals surface area contributed by atoms with Crippen LogP contribution in [0, 0.1) is 0 Å². The van der Waals surface area contributed by atoms with Crippen LogP contribution in [0.25, 0.3) is 0 Å². The number of benzene rings is 1. The Morgan fingerprint density at radius 3 is 2.79 bits per heavy atom. The molecule has 14 heavy (non-hydrogen) atoms. The van der Waals surface area contributed by atoms with E-state index in [1.54, 1.807) is 0 Å². The molecule has 0 saturated carbocycles. The molecule has 0 aliphatic carbocycles. The molecule has 0 fully saturated rings. The second-order valence-corrected chi connectivity index (χ2v) is 2.66. The second kappa shape index (κ2) is 4.76. The number of rotatable bonds is 3. The maximum absolute atomic E-state index is 11.8. The van der Waals surface area contributed by atoms with E-state index < -0.39 is 6.61 Å². The molecule has 0 atom stereocenters. The van der Waals surface area contributed by atoms with Crippen molar-refractivity contribution in [3.05, 3.63) is 29.8 Å². The Balaban J connectivity index is 2.90. The van der Waals surface area contributed by atoms with Crippen LogP contribution in [0.1, 0.15) is 5.56 Å². The number of halogens is 3. The van der Waals surface area contributed by atoms with Crippen LogP contribution < -0.4 is 4.74 Å². The highest BCUT2D eigenvalue weighted by atomic mass is 35.5. The van der Waals surface area contributed by atoms with Gasteiger partial charge in [-0.15, -0.1) is 0 Å². The topological polar surface area (TPSA) is 41.8 Å². The summed E-state index contributed by atoms with van der Waals surface area (Å²) in [5.41, 5.74) is 0.298. The summed E-state index contributed by atoms with van der Waals surface area (Å²) in [7, 11) is 0. The highest BCUT2D eigenvalue weighted by Gasteiger charge is 2.06. The summed E-state index contributed by atoms with van der Waals surface area (Å²) in [5, 5.41) is 10.9. The average molecular weight is 222 g/mol. The lowest BCUT2D eigenvalue weighted by Gasteiger charge is -2.04. The molecule has 3 nitrogen and oxygen atoms in total. The number of hydrogen-bond acceptors (Lipinski definition) is 3. The second-order valence-electron chi connectivity index (χ2n) is 2.30. The van der Waals surface area contributed by atoms with Crippen molar-refractivity contribution in [2.45, 2.75) is 6.61 Å². The molecule has 0 bridgehead atoms. The van der Waals surface area contributed by atoms with Gasteiger partial charge in [-0.2, -0.15) is 8.78 Å². The Morgan fingerprint density at radius 2 is 2.21 bits per heavy atom. The smallest absolute Gasteiger partial charge is 0.387 e. The van der Waals surface area contributed by atoms with Crippen LogP contribution in [0.15, 0.2) is 29.4 Å². The van der Waals surface area contributed by atoms with Crippen molar-refractivity contribution in [3.63, 3.8) is 0 Å². The van der Waals surface area contributed by atoms with Crippen molar-refractivity contribution in [1.82, 2.24) is 0 Å². The summed E-state index contributed by atoms with van der Waals surface area (Å²) in [6, 6.07) is 5.55. The fourth-order valence-electron chi connectivity index (χ4n) is 0.858. The van der Waals surface area contributed by atoms with Crippen molar-refractivity contribution < 1.29 is 18.7 Å². The number of ether oxygens (including phenoxy) is 1. The van der Waals surface area contributed by atoms with E-state index in [1.807, 2.05) is 0 Å². The van der Waals surface area contributed by atoms with Crippen LogP contribution in [0.5, 0.6) is 5.75 Å². The molecule has 0 amide bonds. The van der Waals surface area contributed by atoms with Gasteiger partial charge in [-0.3, -0.25) is 0 Å². The Labute approximate surface area is 83.6 Å². The predicted molar refractivity (Wildman–Crippen MR) is 47.3 cm³/mol. The zero-order valence-electron chi connectivity index (χ0n) is 6.82. The lowest BCUT2D eigenvalue weighted by atomic mass is 10.2. The van der Waals surface area contributed by atoms with Gasteiger partial charge < -0.3 is 9.94 Å². The summed E-state index contributed by atoms with van der Waals surface area (Å²) in [6.45, 7) is -2.89. The van der Waals surface area contributed by atoms with Crippen molar-refractivity contribution in [2.75, 3.05) is 0 Å². The number of nitrogens with zero attached hydrogens (tertiary/aromatic N) is 1. The number of oxime groups is 1. The quantitative estimate of drug-likeness (QED) is 0.484. The minimum absolute atomic E-state index is 0.0423. The Kier molecular flexibility index (Phi) is 3.64. The Bertz CT molecular complexity index is 344. The molecular formula is C8H6ClF2NO2. The van der Waals surface area contributed by atoms with E-state index in [0.29, 0.717) is 5.56 Å². The standard InChI is InChI=1S/C8H6ClF2NO2/c9-7(12-13)5-2-1-3-6(4-5)14-8(10)11/h1-4,8,13H. The van der Waals surface area contributed by atoms with Gasteiger partial charge in [0.15, 0.2) is 5.17 Å². The fraction of sp³-hybridized carbons (Fsp3) is 0.125. The van der Waals surface area contributed by atoms with Crippen LogP contribution in [0.4, 0.5) is 8.78 Å². The molecule has 0 aliphatic rings. The lowest BCUT2D eigenvalue weighted by molar-refractivity contribution is -0.0498. The van der Waals surface area contributed by atoms with E-state index in [-0.39, 0.29) is 10.9 Å². The van der Waals surface area contributed by atoms with Gasteiger partial charge in [-0.25, -0.2) is 0 Å². The molecule has 0 aliphatic heterocycles. The van der Waals surface area contributed by atoms with E-state index in [1.165, 1.54) is 24.3 Å². The van der Waals surface area contributed by atoms with Gasteiger partial charge >= 0.3 is 6.61 Å². The first kappa shape index (κ1) is 10.7. The molecule has 76 valence electrons. The van der Waals surface area contributed by atoms with Crippen LogP contribution in [-0.2, 0) is 0 Å². The maximum atomic E-state index is 11.8. The summed E-state index contributed by atoms with van der Waals surface area (Å²) in [4.78, 5) is 0. The van der Waals surface area contributed by atoms with Gasteiger partial charge in [0.25, 0.3) is 0 Å². The highest BCUT2D eigenvalue weighted by molar-refractivity contribution is 6.69. The average Bonchev–Trinajstić information content (AvgIpc) is 2.16. The predicted octanol–water partition coefficient (Wildman–Crippen LogP) is 2.66. The summed E-state index contributed by atoms with van der Waals surface area (Å²) in [6.07, 6.45) is 0. The van der Waals surface area contributed by atoms with E-state index in [2.05, 4.69) is 9.89 Å². The minimum atomic E-state index is -2.89. The van der Waals surface area contributed by atoms with Crippen molar-refractivity contribution in [1.29, 1.82) is 0 Å². The molecule has 1 rings (SSSR count). The first-order valence-electron chi connectivity index (χ1n) is 3.56. The fourth-order valence-corrected chi connectivity index (χ4v) is 0.976. The SMILES string of the molecule is ON=C(Cl)c1cccc(OC(F)F)c1. The molecule has 0 heterocycles. The van der Waals surface area contributed by atoms with Crippen molar-refractivity contribution in [2.24, 2.45) is 5.16 Å². The normalized spacial score (nSPS) is 11.9. The summed E-state index contributed by atoms with van der Waals surface area (Å²) < 4.78 is 27.7. The first-order chi connectivity index (χ1) is 6.63. The molecule has 0 aromatic heterocycles. The zero-order valence-corrected chi connectivity index (χ0v) is 7.58. The number of alkyl halides is 2. The van der Waals surface area contributed by atoms with E-state index >= 15 is 0 Å². The molecule has 0 spiro atoms. The van der Waals surface area contributed by atoms with Crippen LogP contribution in [-0.4, -0.2) is 17.0 Å². The van der Waals surface area contributed by atoms with Crippen molar-refractivity contribution >= 4 is 16.8 Å². The third kappa shape index (κ3) is 2.85. The minimum Gasteiger partial charge on any atom is -0.435 e. The molecule has 6 heteroatoms. The Morgan fingerprint density at radius 1 is 1.50 bits per heavy atom. The highest BCUT2D eigenvalue weighted by Crippen LogP contribution is 2.17. The van der Waals surface area contributed by atoms with Gasteiger partial charge in [0.05, 0.1) is 0 Å². The number of hydrogen-bond donors (Lipinski definition) is 1. The largest absolute Gasteiger partial charge is 0.435 e. The summed E-state index contributed by atoms with van der Waals surface area (Å²) >= 11 is 5.46. The molecule has 0 unspecified atom stereocenters. The molecular weight excluding hydrogens is 216 g/mol. The molecule has 1 aromatic rings. The van der Waals surface area contributed by atoms with Gasteiger partial charge in [-0.05, 0) is 12.1 Å². The van der Waals surface area contributed by atoms with Gasteiger partial charge in [0.2, 0.25) is 0 Å². The molecule has 0 saturated heterocycles. The molecule has 1 aromatic carbocycles. The lowest BCUT2D eigenvalue weighted by Crippen LogP contribution is -2.02. The van der Waals surface area contributed by atoms with Gasteiger partial charge in [0, 0.05) is 5.56 Å².